The monoisotopic (exact) mass is 448 g/mol. The molecule has 7 nitrogen and oxygen atoms in total. The van der Waals surface area contributed by atoms with Crippen LogP contribution in [0, 0.1) is 0 Å². The first-order valence-corrected chi connectivity index (χ1v) is 12.0. The van der Waals surface area contributed by atoms with Crippen molar-refractivity contribution in [2.45, 2.75) is 39.2 Å². The number of rotatable bonds is 10. The van der Waals surface area contributed by atoms with Crippen molar-refractivity contribution in [2.24, 2.45) is 0 Å². The Morgan fingerprint density at radius 1 is 1.06 bits per heavy atom. The van der Waals surface area contributed by atoms with Crippen molar-refractivity contribution >= 4 is 21.6 Å². The van der Waals surface area contributed by atoms with E-state index in [0.717, 1.165) is 17.4 Å². The highest BCUT2D eigenvalue weighted by Crippen LogP contribution is 2.31. The van der Waals surface area contributed by atoms with Gasteiger partial charge in [0.25, 0.3) is 0 Å². The number of methoxy groups -OCH3 is 2. The zero-order valence-electron chi connectivity index (χ0n) is 19.0. The Hall–Kier alpha value is -2.74. The number of anilines is 1. The molecule has 1 N–H and O–H groups in total. The fraction of sp³-hybridized carbons (Fsp3) is 0.435. The molecule has 2 aromatic carbocycles. The first kappa shape index (κ1) is 24.5. The quantitative estimate of drug-likeness (QED) is 0.597. The highest BCUT2D eigenvalue weighted by molar-refractivity contribution is 7.92. The van der Waals surface area contributed by atoms with Gasteiger partial charge in [-0.25, -0.2) is 8.42 Å². The number of benzene rings is 2. The number of amides is 1. The molecule has 0 heterocycles. The van der Waals surface area contributed by atoms with Gasteiger partial charge in [0.05, 0.1) is 32.2 Å². The Kier molecular flexibility index (Phi) is 8.33. The van der Waals surface area contributed by atoms with Crippen LogP contribution in [-0.4, -0.2) is 41.3 Å². The van der Waals surface area contributed by atoms with Crippen LogP contribution in [0.5, 0.6) is 11.5 Å². The first-order chi connectivity index (χ1) is 14.6. The number of hydrogen-bond acceptors (Lipinski definition) is 5. The van der Waals surface area contributed by atoms with E-state index in [2.05, 4.69) is 5.32 Å². The molecule has 1 atom stereocenters. The van der Waals surface area contributed by atoms with E-state index in [-0.39, 0.29) is 24.4 Å². The molecule has 0 radical (unpaired) electrons. The minimum Gasteiger partial charge on any atom is -0.493 e. The van der Waals surface area contributed by atoms with Crippen molar-refractivity contribution in [1.82, 2.24) is 5.32 Å². The fourth-order valence-electron chi connectivity index (χ4n) is 3.45. The second-order valence-corrected chi connectivity index (χ2v) is 9.53. The zero-order valence-corrected chi connectivity index (χ0v) is 19.8. The van der Waals surface area contributed by atoms with E-state index in [9.17, 15) is 13.2 Å². The maximum atomic E-state index is 12.9. The van der Waals surface area contributed by atoms with Gasteiger partial charge in [-0.1, -0.05) is 45.0 Å². The molecule has 170 valence electrons. The summed E-state index contributed by atoms with van der Waals surface area (Å²) < 4.78 is 36.9. The molecular weight excluding hydrogens is 416 g/mol. The number of sulfonamides is 1. The lowest BCUT2D eigenvalue weighted by molar-refractivity contribution is -0.120. The Bertz CT molecular complexity index is 1000. The summed E-state index contributed by atoms with van der Waals surface area (Å²) in [6.45, 7) is 5.63. The lowest BCUT2D eigenvalue weighted by atomic mass is 10.0. The SMILES string of the molecule is CCC(NC(=O)CN(c1ccccc1C(C)C)S(C)(=O)=O)c1ccc(OC)c(OC)c1. The van der Waals surface area contributed by atoms with Crippen LogP contribution in [0.2, 0.25) is 0 Å². The predicted octanol–water partition coefficient (Wildman–Crippen LogP) is 3.86. The minimum atomic E-state index is -3.66. The molecule has 0 saturated carbocycles. The van der Waals surface area contributed by atoms with Gasteiger partial charge in [-0.2, -0.15) is 0 Å². The number of para-hydroxylation sites is 1. The molecule has 0 spiro atoms. The molecule has 0 bridgehead atoms. The van der Waals surface area contributed by atoms with Crippen molar-refractivity contribution in [3.05, 3.63) is 53.6 Å². The minimum absolute atomic E-state index is 0.110. The third-order valence-corrected chi connectivity index (χ3v) is 6.19. The fourth-order valence-corrected chi connectivity index (χ4v) is 4.32. The lowest BCUT2D eigenvalue weighted by Gasteiger charge is -2.27. The highest BCUT2D eigenvalue weighted by Gasteiger charge is 2.25. The molecule has 2 rings (SSSR count). The van der Waals surface area contributed by atoms with Crippen molar-refractivity contribution in [1.29, 1.82) is 0 Å². The van der Waals surface area contributed by atoms with Crippen LogP contribution in [0.3, 0.4) is 0 Å². The van der Waals surface area contributed by atoms with Crippen molar-refractivity contribution in [3.63, 3.8) is 0 Å². The molecule has 0 aliphatic carbocycles. The Balaban J connectivity index is 2.29. The maximum Gasteiger partial charge on any atom is 0.241 e. The number of nitrogens with one attached hydrogen (secondary N) is 1. The maximum absolute atomic E-state index is 12.9. The van der Waals surface area contributed by atoms with E-state index in [1.165, 1.54) is 4.31 Å². The second kappa shape index (κ2) is 10.5. The largest absolute Gasteiger partial charge is 0.493 e. The third-order valence-electron chi connectivity index (χ3n) is 5.07. The molecule has 8 heteroatoms. The summed E-state index contributed by atoms with van der Waals surface area (Å²) in [6, 6.07) is 12.4. The van der Waals surface area contributed by atoms with Gasteiger partial charge in [-0.15, -0.1) is 0 Å². The van der Waals surface area contributed by atoms with Gasteiger partial charge in [0.2, 0.25) is 15.9 Å². The summed E-state index contributed by atoms with van der Waals surface area (Å²) in [4.78, 5) is 12.9. The summed E-state index contributed by atoms with van der Waals surface area (Å²) in [5.41, 5.74) is 2.24. The molecule has 0 aromatic heterocycles. The van der Waals surface area contributed by atoms with Crippen LogP contribution in [0.25, 0.3) is 0 Å². The molecule has 0 saturated heterocycles. The van der Waals surface area contributed by atoms with E-state index in [0.29, 0.717) is 23.6 Å². The third kappa shape index (κ3) is 6.13. The number of carbonyl (C=O) groups is 1. The van der Waals surface area contributed by atoms with Gasteiger partial charge in [-0.3, -0.25) is 9.10 Å². The van der Waals surface area contributed by atoms with Crippen LogP contribution in [0.15, 0.2) is 42.5 Å². The number of nitrogens with zero attached hydrogens (tertiary/aromatic N) is 1. The highest BCUT2D eigenvalue weighted by atomic mass is 32.2. The summed E-state index contributed by atoms with van der Waals surface area (Å²) in [6.07, 6.45) is 1.74. The average molecular weight is 449 g/mol. The van der Waals surface area contributed by atoms with Gasteiger partial charge in [-0.05, 0) is 41.7 Å². The standard InChI is InChI=1S/C23H32N2O5S/c1-7-19(17-12-13-21(29-4)22(14-17)30-5)24-23(26)15-25(31(6,27)28)20-11-9-8-10-18(20)16(2)3/h8-14,16,19H,7,15H2,1-6H3,(H,24,26). The molecule has 1 unspecified atom stereocenters. The molecule has 2 aromatic rings. The normalized spacial score (nSPS) is 12.4. The van der Waals surface area contributed by atoms with Crippen LogP contribution < -0.4 is 19.1 Å². The molecule has 0 aliphatic heterocycles. The molecular formula is C23H32N2O5S. The van der Waals surface area contributed by atoms with E-state index >= 15 is 0 Å². The van der Waals surface area contributed by atoms with E-state index in [1.54, 1.807) is 32.4 Å². The molecule has 0 fully saturated rings. The van der Waals surface area contributed by atoms with Crippen molar-refractivity contribution in [3.8, 4) is 11.5 Å². The lowest BCUT2D eigenvalue weighted by Crippen LogP contribution is -2.42. The Morgan fingerprint density at radius 2 is 1.71 bits per heavy atom. The summed E-state index contributed by atoms with van der Waals surface area (Å²) >= 11 is 0. The topological polar surface area (TPSA) is 84.9 Å². The van der Waals surface area contributed by atoms with Crippen molar-refractivity contribution < 1.29 is 22.7 Å². The Morgan fingerprint density at radius 3 is 2.26 bits per heavy atom. The van der Waals surface area contributed by atoms with Crippen LogP contribution in [-0.2, 0) is 14.8 Å². The summed E-state index contributed by atoms with van der Waals surface area (Å²) in [5.74, 6) is 0.890. The van der Waals surface area contributed by atoms with Gasteiger partial charge in [0.1, 0.15) is 6.54 Å². The van der Waals surface area contributed by atoms with E-state index < -0.39 is 10.0 Å². The number of ether oxygens (including phenoxy) is 2. The Labute approximate surface area is 185 Å². The van der Waals surface area contributed by atoms with E-state index in [1.807, 2.05) is 45.0 Å². The predicted molar refractivity (Wildman–Crippen MR) is 123 cm³/mol. The van der Waals surface area contributed by atoms with Crippen molar-refractivity contribution in [2.75, 3.05) is 31.3 Å². The molecule has 1 amide bonds. The van der Waals surface area contributed by atoms with E-state index in [4.69, 9.17) is 9.47 Å². The smallest absolute Gasteiger partial charge is 0.241 e. The summed E-state index contributed by atoms with van der Waals surface area (Å²) in [5, 5.41) is 2.95. The molecule has 0 aliphatic rings. The van der Waals surface area contributed by atoms with Gasteiger partial charge in [0.15, 0.2) is 11.5 Å². The molecule has 31 heavy (non-hydrogen) atoms. The summed E-state index contributed by atoms with van der Waals surface area (Å²) in [7, 11) is -0.546. The van der Waals surface area contributed by atoms with Gasteiger partial charge >= 0.3 is 0 Å². The number of hydrogen-bond donors (Lipinski definition) is 1. The van der Waals surface area contributed by atoms with Gasteiger partial charge < -0.3 is 14.8 Å². The van der Waals surface area contributed by atoms with Crippen LogP contribution in [0.4, 0.5) is 5.69 Å². The second-order valence-electron chi connectivity index (χ2n) is 7.63. The zero-order chi connectivity index (χ0) is 23.2. The average Bonchev–Trinajstić information content (AvgIpc) is 2.74. The van der Waals surface area contributed by atoms with Crippen LogP contribution in [0.1, 0.15) is 50.3 Å². The first-order valence-electron chi connectivity index (χ1n) is 10.2. The van der Waals surface area contributed by atoms with Gasteiger partial charge in [0, 0.05) is 0 Å². The van der Waals surface area contributed by atoms with Crippen LogP contribution >= 0.6 is 0 Å². The number of carbonyl (C=O) groups excluding carboxylic acids is 1.